The summed E-state index contributed by atoms with van der Waals surface area (Å²) < 4.78 is 18.3. The van der Waals surface area contributed by atoms with Crippen molar-refractivity contribution in [2.75, 3.05) is 18.4 Å². The molecule has 0 saturated heterocycles. The van der Waals surface area contributed by atoms with Crippen molar-refractivity contribution in [3.05, 3.63) is 47.6 Å². The summed E-state index contributed by atoms with van der Waals surface area (Å²) in [5.74, 6) is 0.962. The summed E-state index contributed by atoms with van der Waals surface area (Å²) in [5, 5.41) is 13.0. The number of amides is 1. The third-order valence-corrected chi connectivity index (χ3v) is 4.26. The minimum absolute atomic E-state index is 0.0674. The third kappa shape index (κ3) is 6.68. The number of nitrogens with one attached hydrogen (secondary N) is 3. The fourth-order valence-electron chi connectivity index (χ4n) is 2.71. The van der Waals surface area contributed by atoms with Gasteiger partial charge in [0.15, 0.2) is 11.7 Å². The Labute approximate surface area is 164 Å². The fourth-order valence-corrected chi connectivity index (χ4v) is 2.71. The summed E-state index contributed by atoms with van der Waals surface area (Å²) in [7, 11) is 0. The maximum atomic E-state index is 12.9. The summed E-state index contributed by atoms with van der Waals surface area (Å²) in [6.45, 7) is 7.21. The van der Waals surface area contributed by atoms with Gasteiger partial charge in [0.05, 0.1) is 12.2 Å². The first kappa shape index (κ1) is 21.4. The maximum Gasteiger partial charge on any atom is 0.246 e. The number of guanidine groups is 1. The van der Waals surface area contributed by atoms with Gasteiger partial charge in [0.1, 0.15) is 12.4 Å². The number of aliphatic imine (C=N–C) groups is 1. The number of anilines is 1. The van der Waals surface area contributed by atoms with E-state index in [0.717, 1.165) is 18.5 Å². The molecule has 0 radical (unpaired) electrons. The van der Waals surface area contributed by atoms with Crippen LogP contribution in [-0.4, -0.2) is 30.1 Å². The van der Waals surface area contributed by atoms with Crippen LogP contribution in [0.25, 0.3) is 0 Å². The molecule has 1 aromatic carbocycles. The van der Waals surface area contributed by atoms with Gasteiger partial charge in [-0.05, 0) is 44.0 Å². The molecule has 0 spiro atoms. The Morgan fingerprint density at radius 1 is 1.18 bits per heavy atom. The molecule has 0 aliphatic heterocycles. The first-order chi connectivity index (χ1) is 13.5. The molecule has 7 nitrogen and oxygen atoms in total. The van der Waals surface area contributed by atoms with Crippen molar-refractivity contribution in [1.29, 1.82) is 0 Å². The van der Waals surface area contributed by atoms with E-state index in [1.165, 1.54) is 24.3 Å². The predicted octanol–water partition coefficient (Wildman–Crippen LogP) is 3.41. The topological polar surface area (TPSA) is 91.5 Å². The van der Waals surface area contributed by atoms with Crippen molar-refractivity contribution in [2.45, 2.75) is 46.1 Å². The van der Waals surface area contributed by atoms with Gasteiger partial charge in [-0.3, -0.25) is 4.79 Å². The number of carbonyl (C=O) groups is 1. The lowest BCUT2D eigenvalue weighted by molar-refractivity contribution is -0.114. The quantitative estimate of drug-likeness (QED) is 0.452. The molecule has 0 fully saturated rings. The highest BCUT2D eigenvalue weighted by molar-refractivity contribution is 5.94. The van der Waals surface area contributed by atoms with Crippen LogP contribution in [0.3, 0.4) is 0 Å². The standard InChI is InChI=1S/C20H28FN5O2/c1-4-14(5-2)18-11-17(28-26-18)12-23-20(22-6-3)24-13-19(27)25-16-9-7-15(21)8-10-16/h7-11,14H,4-6,12-13H2,1-3H3,(H,25,27)(H2,22,23,24). The minimum atomic E-state index is -0.352. The van der Waals surface area contributed by atoms with Gasteiger partial charge in [0, 0.05) is 24.2 Å². The molecular weight excluding hydrogens is 361 g/mol. The molecular formula is C20H28FN5O2. The highest BCUT2D eigenvalue weighted by Crippen LogP contribution is 2.22. The molecule has 3 N–H and O–H groups in total. The number of rotatable bonds is 9. The van der Waals surface area contributed by atoms with Crippen LogP contribution in [0.1, 0.15) is 51.0 Å². The van der Waals surface area contributed by atoms with E-state index in [-0.39, 0.29) is 18.3 Å². The van der Waals surface area contributed by atoms with Crippen molar-refractivity contribution in [3.8, 4) is 0 Å². The number of hydrogen-bond donors (Lipinski definition) is 3. The van der Waals surface area contributed by atoms with E-state index in [9.17, 15) is 9.18 Å². The number of nitrogens with zero attached hydrogens (tertiary/aromatic N) is 2. The molecule has 152 valence electrons. The van der Waals surface area contributed by atoms with Crippen LogP contribution in [0, 0.1) is 5.82 Å². The molecule has 1 amide bonds. The maximum absolute atomic E-state index is 12.9. The first-order valence-corrected chi connectivity index (χ1v) is 9.58. The van der Waals surface area contributed by atoms with Crippen LogP contribution in [0.5, 0.6) is 0 Å². The van der Waals surface area contributed by atoms with Crippen LogP contribution >= 0.6 is 0 Å². The predicted molar refractivity (Wildman–Crippen MR) is 108 cm³/mol. The monoisotopic (exact) mass is 389 g/mol. The van der Waals surface area contributed by atoms with Crippen molar-refractivity contribution in [2.24, 2.45) is 4.99 Å². The minimum Gasteiger partial charge on any atom is -0.359 e. The molecule has 0 saturated carbocycles. The van der Waals surface area contributed by atoms with Crippen LogP contribution in [0.2, 0.25) is 0 Å². The van der Waals surface area contributed by atoms with Gasteiger partial charge in [-0.1, -0.05) is 19.0 Å². The van der Waals surface area contributed by atoms with E-state index >= 15 is 0 Å². The Bertz CT molecular complexity index is 769. The van der Waals surface area contributed by atoms with Gasteiger partial charge >= 0.3 is 0 Å². The molecule has 0 bridgehead atoms. The molecule has 0 aliphatic rings. The van der Waals surface area contributed by atoms with Gasteiger partial charge in [0.25, 0.3) is 0 Å². The molecule has 8 heteroatoms. The lowest BCUT2D eigenvalue weighted by Crippen LogP contribution is -2.37. The van der Waals surface area contributed by atoms with Crippen molar-refractivity contribution >= 4 is 17.6 Å². The van der Waals surface area contributed by atoms with Gasteiger partial charge < -0.3 is 20.5 Å². The lowest BCUT2D eigenvalue weighted by Gasteiger charge is -2.10. The Hall–Kier alpha value is -2.90. The molecule has 1 heterocycles. The molecule has 28 heavy (non-hydrogen) atoms. The van der Waals surface area contributed by atoms with E-state index in [2.05, 4.69) is 39.9 Å². The summed E-state index contributed by atoms with van der Waals surface area (Å²) in [5.41, 5.74) is 1.48. The molecule has 1 aromatic heterocycles. The summed E-state index contributed by atoms with van der Waals surface area (Å²) in [6.07, 6.45) is 2.03. The van der Waals surface area contributed by atoms with Crippen molar-refractivity contribution < 1.29 is 13.7 Å². The average molecular weight is 389 g/mol. The van der Waals surface area contributed by atoms with Crippen LogP contribution in [-0.2, 0) is 11.3 Å². The Morgan fingerprint density at radius 3 is 2.54 bits per heavy atom. The summed E-state index contributed by atoms with van der Waals surface area (Å²) in [6, 6.07) is 7.54. The SMILES string of the molecule is CCNC(=NCC(=O)Nc1ccc(F)cc1)NCc1cc(C(CC)CC)no1. The molecule has 0 atom stereocenters. The van der Waals surface area contributed by atoms with E-state index in [4.69, 9.17) is 4.52 Å². The number of hydrogen-bond acceptors (Lipinski definition) is 4. The van der Waals surface area contributed by atoms with Crippen molar-refractivity contribution in [3.63, 3.8) is 0 Å². The largest absolute Gasteiger partial charge is 0.359 e. The zero-order chi connectivity index (χ0) is 20.4. The Balaban J connectivity index is 1.89. The van der Waals surface area contributed by atoms with Gasteiger partial charge in [0.2, 0.25) is 5.91 Å². The normalized spacial score (nSPS) is 11.5. The third-order valence-electron chi connectivity index (χ3n) is 4.26. The first-order valence-electron chi connectivity index (χ1n) is 9.58. The van der Waals surface area contributed by atoms with Crippen LogP contribution < -0.4 is 16.0 Å². The second-order valence-electron chi connectivity index (χ2n) is 6.34. The molecule has 2 aromatic rings. The lowest BCUT2D eigenvalue weighted by atomic mass is 9.99. The van der Waals surface area contributed by atoms with Gasteiger partial charge in [-0.25, -0.2) is 9.38 Å². The summed E-state index contributed by atoms with van der Waals surface area (Å²) >= 11 is 0. The molecule has 0 unspecified atom stereocenters. The van der Waals surface area contributed by atoms with Crippen molar-refractivity contribution in [1.82, 2.24) is 15.8 Å². The number of carbonyl (C=O) groups excluding carboxylic acids is 1. The van der Waals surface area contributed by atoms with E-state index in [1.54, 1.807) is 0 Å². The fraction of sp³-hybridized carbons (Fsp3) is 0.450. The average Bonchev–Trinajstić information content (AvgIpc) is 3.15. The second-order valence-corrected chi connectivity index (χ2v) is 6.34. The van der Waals surface area contributed by atoms with E-state index < -0.39 is 0 Å². The zero-order valence-electron chi connectivity index (χ0n) is 16.6. The summed E-state index contributed by atoms with van der Waals surface area (Å²) in [4.78, 5) is 16.3. The van der Waals surface area contributed by atoms with Crippen LogP contribution in [0.4, 0.5) is 10.1 Å². The second kappa shape index (κ2) is 11.1. The highest BCUT2D eigenvalue weighted by atomic mass is 19.1. The number of halogens is 1. The number of benzene rings is 1. The van der Waals surface area contributed by atoms with E-state index in [0.29, 0.717) is 36.4 Å². The van der Waals surface area contributed by atoms with Crippen LogP contribution in [0.15, 0.2) is 39.8 Å². The Morgan fingerprint density at radius 2 is 1.89 bits per heavy atom. The molecule has 2 rings (SSSR count). The molecule has 0 aliphatic carbocycles. The highest BCUT2D eigenvalue weighted by Gasteiger charge is 2.13. The number of aromatic nitrogens is 1. The van der Waals surface area contributed by atoms with Gasteiger partial charge in [-0.2, -0.15) is 0 Å². The zero-order valence-corrected chi connectivity index (χ0v) is 16.6. The Kier molecular flexibility index (Phi) is 8.45. The van der Waals surface area contributed by atoms with Gasteiger partial charge in [-0.15, -0.1) is 0 Å². The van der Waals surface area contributed by atoms with E-state index in [1.807, 2.05) is 13.0 Å². The smallest absolute Gasteiger partial charge is 0.246 e.